The predicted octanol–water partition coefficient (Wildman–Crippen LogP) is -0.497. The molecule has 0 bridgehead atoms. The van der Waals surface area contributed by atoms with E-state index in [1.807, 2.05) is 0 Å². The molecule has 64 valence electrons. The number of hydrogen-bond donors (Lipinski definition) is 2. The van der Waals surface area contributed by atoms with E-state index in [1.54, 1.807) is 0 Å². The van der Waals surface area contributed by atoms with Gasteiger partial charge in [0.05, 0.1) is 0 Å². The minimum atomic E-state index is -1.23. The third-order valence-electron chi connectivity index (χ3n) is 1.16. The molecule has 0 radical (unpaired) electrons. The first kappa shape index (κ1) is 14.2. The Morgan fingerprint density at radius 3 is 2.17 bits per heavy atom. The number of carboxylic acid groups (broad SMARTS) is 1. The fourth-order valence-corrected chi connectivity index (χ4v) is 0.412. The molecule has 0 fully saturated rings. The Morgan fingerprint density at radius 2 is 1.92 bits per heavy atom. The maximum absolute atomic E-state index is 10.6. The summed E-state index contributed by atoms with van der Waals surface area (Å²) < 4.78 is 0. The summed E-state index contributed by atoms with van der Waals surface area (Å²) >= 11 is 0. The molecule has 5 heteroatoms. The van der Waals surface area contributed by atoms with Crippen molar-refractivity contribution in [2.24, 2.45) is 0 Å². The molecule has 0 atom stereocenters. The number of nitrogens with one attached hydrogen (secondary N) is 1. The zero-order valence-electron chi connectivity index (χ0n) is 6.55. The van der Waals surface area contributed by atoms with Crippen LogP contribution < -0.4 is 5.32 Å². The standard InChI is InChI=1S/C7H11NO3.Na.H/c1-4-5(9)8-7(2,3)6(10)11;;/h4H,1H2,2-3H3,(H,8,9)(H,10,11);;. The second-order valence-corrected chi connectivity index (χ2v) is 2.62. The summed E-state index contributed by atoms with van der Waals surface area (Å²) in [5.74, 6) is -1.56. The topological polar surface area (TPSA) is 66.4 Å². The van der Waals surface area contributed by atoms with Crippen LogP contribution in [0.3, 0.4) is 0 Å². The molecule has 0 aromatic heterocycles. The number of carboxylic acids is 1. The van der Waals surface area contributed by atoms with Crippen molar-refractivity contribution in [3.63, 3.8) is 0 Å². The average molecular weight is 181 g/mol. The summed E-state index contributed by atoms with van der Waals surface area (Å²) in [6, 6.07) is 0. The first-order valence-corrected chi connectivity index (χ1v) is 3.08. The van der Waals surface area contributed by atoms with Gasteiger partial charge < -0.3 is 10.4 Å². The van der Waals surface area contributed by atoms with Crippen LogP contribution in [0.4, 0.5) is 0 Å². The first-order chi connectivity index (χ1) is 4.90. The van der Waals surface area contributed by atoms with E-state index < -0.39 is 17.4 Å². The zero-order chi connectivity index (χ0) is 9.07. The summed E-state index contributed by atoms with van der Waals surface area (Å²) in [4.78, 5) is 21.1. The predicted molar refractivity (Wildman–Crippen MR) is 47.2 cm³/mol. The van der Waals surface area contributed by atoms with Crippen molar-refractivity contribution in [1.82, 2.24) is 5.32 Å². The Kier molecular flexibility index (Phi) is 6.34. The van der Waals surface area contributed by atoms with Gasteiger partial charge in [-0.25, -0.2) is 4.79 Å². The van der Waals surface area contributed by atoms with Gasteiger partial charge in [0.2, 0.25) is 5.91 Å². The fraction of sp³-hybridized carbons (Fsp3) is 0.429. The molecule has 2 N–H and O–H groups in total. The number of carbonyl (C=O) groups excluding carboxylic acids is 1. The van der Waals surface area contributed by atoms with Crippen molar-refractivity contribution in [2.75, 3.05) is 0 Å². The number of hydrogen-bond acceptors (Lipinski definition) is 2. The van der Waals surface area contributed by atoms with E-state index in [1.165, 1.54) is 13.8 Å². The van der Waals surface area contributed by atoms with E-state index in [-0.39, 0.29) is 29.6 Å². The van der Waals surface area contributed by atoms with Crippen LogP contribution in [0.1, 0.15) is 13.8 Å². The summed E-state index contributed by atoms with van der Waals surface area (Å²) in [5.41, 5.74) is -1.23. The maximum atomic E-state index is 10.6. The fourth-order valence-electron chi connectivity index (χ4n) is 0.412. The second kappa shape index (κ2) is 5.35. The molecule has 0 rings (SSSR count). The van der Waals surface area contributed by atoms with E-state index in [0.717, 1.165) is 6.08 Å². The molecule has 0 aliphatic rings. The first-order valence-electron chi connectivity index (χ1n) is 3.08. The molecule has 1 amide bonds. The molecule has 0 aromatic carbocycles. The van der Waals surface area contributed by atoms with E-state index in [0.29, 0.717) is 0 Å². The van der Waals surface area contributed by atoms with Crippen LogP contribution in [0.25, 0.3) is 0 Å². The van der Waals surface area contributed by atoms with E-state index in [4.69, 9.17) is 5.11 Å². The van der Waals surface area contributed by atoms with E-state index >= 15 is 0 Å². The van der Waals surface area contributed by atoms with Gasteiger partial charge >= 0.3 is 35.5 Å². The van der Waals surface area contributed by atoms with Gasteiger partial charge in [-0.15, -0.1) is 0 Å². The van der Waals surface area contributed by atoms with Gasteiger partial charge in [0.15, 0.2) is 0 Å². The molecular formula is C7H12NNaO3. The molecule has 0 saturated heterocycles. The zero-order valence-corrected chi connectivity index (χ0v) is 6.55. The summed E-state index contributed by atoms with van der Waals surface area (Å²) in [5, 5.41) is 10.8. The van der Waals surface area contributed by atoms with Crippen LogP contribution in [0.5, 0.6) is 0 Å². The van der Waals surface area contributed by atoms with Gasteiger partial charge in [-0.3, -0.25) is 4.79 Å². The van der Waals surface area contributed by atoms with Crippen LogP contribution in [0.15, 0.2) is 12.7 Å². The Bertz CT molecular complexity index is 201. The van der Waals surface area contributed by atoms with Crippen molar-refractivity contribution in [2.45, 2.75) is 19.4 Å². The van der Waals surface area contributed by atoms with Gasteiger partial charge in [-0.05, 0) is 19.9 Å². The molecule has 0 aliphatic heterocycles. The quantitative estimate of drug-likeness (QED) is 0.455. The Balaban J connectivity index is 0. The number of carbonyl (C=O) groups is 2. The van der Waals surface area contributed by atoms with Crippen LogP contribution >= 0.6 is 0 Å². The van der Waals surface area contributed by atoms with Gasteiger partial charge in [0, 0.05) is 0 Å². The third-order valence-corrected chi connectivity index (χ3v) is 1.16. The van der Waals surface area contributed by atoms with Gasteiger partial charge in [0.1, 0.15) is 5.54 Å². The summed E-state index contributed by atoms with van der Waals surface area (Å²) in [7, 11) is 0. The molecular weight excluding hydrogens is 169 g/mol. The Labute approximate surface area is 93.3 Å². The second-order valence-electron chi connectivity index (χ2n) is 2.62. The molecule has 0 aromatic rings. The number of aliphatic carboxylic acids is 1. The average Bonchev–Trinajstić information content (AvgIpc) is 1.86. The van der Waals surface area contributed by atoms with Crippen molar-refractivity contribution in [3.8, 4) is 0 Å². The van der Waals surface area contributed by atoms with Crippen LogP contribution in [0.2, 0.25) is 0 Å². The molecule has 0 saturated carbocycles. The number of amides is 1. The molecule has 0 heterocycles. The van der Waals surface area contributed by atoms with Crippen molar-refractivity contribution < 1.29 is 14.7 Å². The van der Waals surface area contributed by atoms with E-state index in [2.05, 4.69) is 11.9 Å². The van der Waals surface area contributed by atoms with Crippen LogP contribution in [-0.4, -0.2) is 52.1 Å². The van der Waals surface area contributed by atoms with Crippen LogP contribution in [0, 0.1) is 0 Å². The third kappa shape index (κ3) is 4.54. The van der Waals surface area contributed by atoms with Crippen molar-refractivity contribution in [3.05, 3.63) is 12.7 Å². The van der Waals surface area contributed by atoms with E-state index in [9.17, 15) is 9.59 Å². The molecule has 0 spiro atoms. The summed E-state index contributed by atoms with van der Waals surface area (Å²) in [6.07, 6.45) is 1.03. The monoisotopic (exact) mass is 181 g/mol. The van der Waals surface area contributed by atoms with Crippen LogP contribution in [-0.2, 0) is 9.59 Å². The van der Waals surface area contributed by atoms with Crippen molar-refractivity contribution in [1.29, 1.82) is 0 Å². The SMILES string of the molecule is C=CC(=O)NC(C)(C)C(=O)O.[NaH]. The Hall–Kier alpha value is -0.320. The molecule has 12 heavy (non-hydrogen) atoms. The Morgan fingerprint density at radius 1 is 1.50 bits per heavy atom. The normalized spacial score (nSPS) is 9.50. The van der Waals surface area contributed by atoms with Crippen molar-refractivity contribution >= 4 is 41.4 Å². The van der Waals surface area contributed by atoms with Gasteiger partial charge in [-0.2, -0.15) is 0 Å². The molecule has 4 nitrogen and oxygen atoms in total. The summed E-state index contributed by atoms with van der Waals surface area (Å²) in [6.45, 7) is 6.00. The number of rotatable bonds is 3. The van der Waals surface area contributed by atoms with Gasteiger partial charge in [0.25, 0.3) is 0 Å². The minimum absolute atomic E-state index is 0. The van der Waals surface area contributed by atoms with Gasteiger partial charge in [-0.1, -0.05) is 6.58 Å². The molecule has 0 aliphatic carbocycles. The molecule has 0 unspecified atom stereocenters.